The average Bonchev–Trinajstić information content (AvgIpc) is 2.85. The van der Waals surface area contributed by atoms with Crippen LogP contribution in [-0.4, -0.2) is 31.8 Å². The van der Waals surface area contributed by atoms with E-state index < -0.39 is 5.97 Å². The number of carboxylic acid groups (broad SMARTS) is 1. The molecule has 0 saturated heterocycles. The van der Waals surface area contributed by atoms with E-state index in [1.165, 1.54) is 25.8 Å². The second-order valence-electron chi connectivity index (χ2n) is 5.91. The van der Waals surface area contributed by atoms with Crippen LogP contribution in [0.3, 0.4) is 0 Å². The van der Waals surface area contributed by atoms with Gasteiger partial charge in [-0.3, -0.25) is 4.79 Å². The van der Waals surface area contributed by atoms with Gasteiger partial charge in [-0.25, -0.2) is 4.79 Å². The first kappa shape index (κ1) is 34.6. The van der Waals surface area contributed by atoms with Crippen LogP contribution in [-0.2, 0) is 16.0 Å². The number of carbonyl (C=O) groups excluding carboxylic acids is 1. The van der Waals surface area contributed by atoms with Crippen LogP contribution in [0.2, 0.25) is 0 Å². The molecule has 0 heterocycles. The minimum absolute atomic E-state index is 0.0860. The molecule has 0 amide bonds. The Morgan fingerprint density at radius 3 is 1.79 bits per heavy atom. The zero-order valence-electron chi connectivity index (χ0n) is 22.4. The van der Waals surface area contributed by atoms with Crippen LogP contribution in [0.4, 0.5) is 0 Å². The SMILES string of the molecule is CC.CC.CC.CCCc1cc(C)c(Oc2ccc(OC)c(C(=O)O)c2)c(C)c1.COC=O. The number of hydrogen-bond donors (Lipinski definition) is 1. The molecule has 0 aliphatic heterocycles. The van der Waals surface area contributed by atoms with Crippen molar-refractivity contribution in [2.45, 2.75) is 75.2 Å². The summed E-state index contributed by atoms with van der Waals surface area (Å²) in [7, 11) is 2.76. The number of rotatable bonds is 7. The standard InChI is InChI=1S/C19H22O4.C2H4O2.3C2H6/c1-5-6-14-9-12(2)18(13(3)10-14)23-15-7-8-17(22-4)16(11-15)19(20)21;1-4-2-3;3*1-2/h7-11H,5-6H2,1-4H3,(H,20,21);2H,1H3;3*1-2H3. The molecule has 6 heteroatoms. The number of methoxy groups -OCH3 is 2. The Balaban J connectivity index is -0.000000780. The first-order valence-corrected chi connectivity index (χ1v) is 11.5. The fourth-order valence-electron chi connectivity index (χ4n) is 2.67. The van der Waals surface area contributed by atoms with Crippen LogP contribution < -0.4 is 9.47 Å². The third kappa shape index (κ3) is 13.2. The predicted octanol–water partition coefficient (Wildman–Crippen LogP) is 7.62. The lowest BCUT2D eigenvalue weighted by molar-refractivity contribution is -0.126. The maximum Gasteiger partial charge on any atom is 0.339 e. The maximum atomic E-state index is 11.3. The monoisotopic (exact) mass is 464 g/mol. The van der Waals surface area contributed by atoms with Gasteiger partial charge in [0.25, 0.3) is 6.47 Å². The van der Waals surface area contributed by atoms with Crippen molar-refractivity contribution in [3.63, 3.8) is 0 Å². The molecular formula is C27H44O6. The van der Waals surface area contributed by atoms with Gasteiger partial charge in [0.1, 0.15) is 22.8 Å². The van der Waals surface area contributed by atoms with E-state index in [0.717, 1.165) is 29.7 Å². The molecule has 0 saturated carbocycles. The number of carboxylic acids is 1. The minimum Gasteiger partial charge on any atom is -0.496 e. The lowest BCUT2D eigenvalue weighted by Crippen LogP contribution is -2.01. The van der Waals surface area contributed by atoms with Crippen LogP contribution in [0.5, 0.6) is 17.2 Å². The number of benzene rings is 2. The third-order valence-corrected chi connectivity index (χ3v) is 3.78. The van der Waals surface area contributed by atoms with Crippen molar-refractivity contribution in [2.24, 2.45) is 0 Å². The molecule has 2 rings (SSSR count). The topological polar surface area (TPSA) is 82.1 Å². The highest BCUT2D eigenvalue weighted by molar-refractivity contribution is 5.91. The Bertz CT molecular complexity index is 761. The van der Waals surface area contributed by atoms with Gasteiger partial charge in [-0.15, -0.1) is 0 Å². The Hall–Kier alpha value is -3.02. The highest BCUT2D eigenvalue weighted by Gasteiger charge is 2.14. The quantitative estimate of drug-likeness (QED) is 0.424. The fourth-order valence-corrected chi connectivity index (χ4v) is 2.67. The summed E-state index contributed by atoms with van der Waals surface area (Å²) in [5, 5.41) is 9.26. The van der Waals surface area contributed by atoms with Crippen LogP contribution >= 0.6 is 0 Å². The molecule has 0 atom stereocenters. The van der Waals surface area contributed by atoms with E-state index in [4.69, 9.17) is 14.3 Å². The summed E-state index contributed by atoms with van der Waals surface area (Å²) in [4.78, 5) is 20.3. The van der Waals surface area contributed by atoms with Gasteiger partial charge in [0.2, 0.25) is 0 Å². The van der Waals surface area contributed by atoms with E-state index in [9.17, 15) is 9.90 Å². The van der Waals surface area contributed by atoms with Crippen LogP contribution in [0.1, 0.15) is 81.9 Å². The highest BCUT2D eigenvalue weighted by Crippen LogP contribution is 2.32. The van der Waals surface area contributed by atoms with Gasteiger partial charge >= 0.3 is 5.97 Å². The maximum absolute atomic E-state index is 11.3. The molecule has 0 aromatic heterocycles. The first-order chi connectivity index (χ1) is 15.9. The van der Waals surface area contributed by atoms with Gasteiger partial charge in [-0.1, -0.05) is 67.0 Å². The van der Waals surface area contributed by atoms with Crippen molar-refractivity contribution in [3.8, 4) is 17.2 Å². The van der Waals surface area contributed by atoms with Gasteiger partial charge < -0.3 is 19.3 Å². The molecule has 188 valence electrons. The first-order valence-electron chi connectivity index (χ1n) is 11.5. The van der Waals surface area contributed by atoms with Crippen LogP contribution in [0.25, 0.3) is 0 Å². The molecule has 0 fully saturated rings. The molecule has 2 aromatic carbocycles. The van der Waals surface area contributed by atoms with E-state index in [2.05, 4.69) is 23.8 Å². The number of carbonyl (C=O) groups is 2. The Morgan fingerprint density at radius 2 is 1.42 bits per heavy atom. The average molecular weight is 465 g/mol. The van der Waals surface area contributed by atoms with Crippen LogP contribution in [0.15, 0.2) is 30.3 Å². The summed E-state index contributed by atoms with van der Waals surface area (Å²) in [5.41, 5.74) is 3.46. The normalized spacial score (nSPS) is 8.45. The molecule has 6 nitrogen and oxygen atoms in total. The second-order valence-corrected chi connectivity index (χ2v) is 5.91. The van der Waals surface area contributed by atoms with Gasteiger partial charge in [0.15, 0.2) is 0 Å². The summed E-state index contributed by atoms with van der Waals surface area (Å²) < 4.78 is 14.9. The summed E-state index contributed by atoms with van der Waals surface area (Å²) >= 11 is 0. The summed E-state index contributed by atoms with van der Waals surface area (Å²) in [6.45, 7) is 18.5. The zero-order chi connectivity index (χ0) is 26.4. The van der Waals surface area contributed by atoms with Crippen molar-refractivity contribution in [1.82, 2.24) is 0 Å². The molecule has 2 aromatic rings. The van der Waals surface area contributed by atoms with E-state index >= 15 is 0 Å². The lowest BCUT2D eigenvalue weighted by atomic mass is 10.0. The van der Waals surface area contributed by atoms with Crippen molar-refractivity contribution >= 4 is 12.4 Å². The third-order valence-electron chi connectivity index (χ3n) is 3.78. The Morgan fingerprint density at radius 1 is 0.939 bits per heavy atom. The van der Waals surface area contributed by atoms with E-state index in [1.807, 2.05) is 55.4 Å². The fraction of sp³-hybridized carbons (Fsp3) is 0.481. The second kappa shape index (κ2) is 22.2. The molecule has 0 unspecified atom stereocenters. The lowest BCUT2D eigenvalue weighted by Gasteiger charge is -2.15. The Labute approximate surface area is 200 Å². The number of ether oxygens (including phenoxy) is 3. The summed E-state index contributed by atoms with van der Waals surface area (Å²) in [6, 6.07) is 9.04. The summed E-state index contributed by atoms with van der Waals surface area (Å²) in [6.07, 6.45) is 2.13. The molecule has 0 spiro atoms. The molecule has 33 heavy (non-hydrogen) atoms. The molecule has 1 N–H and O–H groups in total. The molecule has 0 radical (unpaired) electrons. The summed E-state index contributed by atoms with van der Waals surface area (Å²) in [5.74, 6) is 0.527. The van der Waals surface area contributed by atoms with E-state index in [0.29, 0.717) is 18.0 Å². The van der Waals surface area contributed by atoms with Gasteiger partial charge in [0.05, 0.1) is 14.2 Å². The largest absolute Gasteiger partial charge is 0.496 e. The zero-order valence-corrected chi connectivity index (χ0v) is 22.4. The smallest absolute Gasteiger partial charge is 0.339 e. The number of aromatic carboxylic acids is 1. The van der Waals surface area contributed by atoms with Gasteiger partial charge in [0, 0.05) is 0 Å². The van der Waals surface area contributed by atoms with Gasteiger partial charge in [-0.05, 0) is 55.2 Å². The number of aryl methyl sites for hydroxylation is 3. The van der Waals surface area contributed by atoms with E-state index in [-0.39, 0.29) is 5.56 Å². The van der Waals surface area contributed by atoms with Crippen molar-refractivity contribution in [3.05, 3.63) is 52.6 Å². The van der Waals surface area contributed by atoms with Crippen molar-refractivity contribution in [2.75, 3.05) is 14.2 Å². The van der Waals surface area contributed by atoms with Crippen molar-refractivity contribution < 1.29 is 28.9 Å². The highest BCUT2D eigenvalue weighted by atomic mass is 16.5. The molecule has 0 bridgehead atoms. The Kier molecular flexibility index (Phi) is 23.3. The van der Waals surface area contributed by atoms with Crippen molar-refractivity contribution in [1.29, 1.82) is 0 Å². The van der Waals surface area contributed by atoms with Gasteiger partial charge in [-0.2, -0.15) is 0 Å². The van der Waals surface area contributed by atoms with E-state index in [1.54, 1.807) is 12.1 Å². The minimum atomic E-state index is -1.04. The van der Waals surface area contributed by atoms with Crippen LogP contribution in [0, 0.1) is 13.8 Å². The molecule has 0 aliphatic carbocycles. The predicted molar refractivity (Wildman–Crippen MR) is 137 cm³/mol. The number of hydrogen-bond acceptors (Lipinski definition) is 5. The molecule has 0 aliphatic rings. The molecular weight excluding hydrogens is 420 g/mol.